The highest BCUT2D eigenvalue weighted by molar-refractivity contribution is 6.30. The minimum Gasteiger partial charge on any atom is -0.335 e. The predicted octanol–water partition coefficient (Wildman–Crippen LogP) is 3.14. The van der Waals surface area contributed by atoms with E-state index in [-0.39, 0.29) is 11.5 Å². The third-order valence-electron chi connectivity index (χ3n) is 4.94. The standard InChI is InChI=1S/C21H20ClN3O2/c22-17-6-3-4-15(12-17)14-24-8-10-25(11-9-24)21(27)19-13-16-5-1-2-7-18(16)20(26)23-19/h1-7,12-13H,8-11,14H2,(H,23,26). The minimum atomic E-state index is -0.226. The van der Waals surface area contributed by atoms with Gasteiger partial charge in [0.2, 0.25) is 0 Å². The fourth-order valence-corrected chi connectivity index (χ4v) is 3.71. The summed E-state index contributed by atoms with van der Waals surface area (Å²) >= 11 is 6.05. The first-order valence-corrected chi connectivity index (χ1v) is 9.36. The van der Waals surface area contributed by atoms with Crippen LogP contribution in [0.15, 0.2) is 59.4 Å². The Morgan fingerprint density at radius 1 is 1.00 bits per heavy atom. The molecule has 3 aromatic rings. The Morgan fingerprint density at radius 2 is 1.78 bits per heavy atom. The molecule has 0 radical (unpaired) electrons. The number of amides is 1. The monoisotopic (exact) mass is 381 g/mol. The molecular weight excluding hydrogens is 362 g/mol. The van der Waals surface area contributed by atoms with Gasteiger partial charge in [-0.25, -0.2) is 0 Å². The summed E-state index contributed by atoms with van der Waals surface area (Å²) in [5, 5.41) is 2.12. The number of benzene rings is 2. The number of nitrogens with one attached hydrogen (secondary N) is 1. The molecule has 1 amide bonds. The number of halogens is 1. The van der Waals surface area contributed by atoms with Gasteiger partial charge in [-0.1, -0.05) is 41.9 Å². The Kier molecular flexibility index (Phi) is 4.97. The van der Waals surface area contributed by atoms with Gasteiger partial charge in [-0.15, -0.1) is 0 Å². The summed E-state index contributed by atoms with van der Waals surface area (Å²) in [7, 11) is 0. The zero-order valence-corrected chi connectivity index (χ0v) is 15.6. The molecule has 0 spiro atoms. The van der Waals surface area contributed by atoms with Crippen molar-refractivity contribution in [3.63, 3.8) is 0 Å². The zero-order chi connectivity index (χ0) is 18.8. The van der Waals surface area contributed by atoms with Gasteiger partial charge in [0, 0.05) is 43.1 Å². The number of carbonyl (C=O) groups excluding carboxylic acids is 1. The van der Waals surface area contributed by atoms with E-state index < -0.39 is 0 Å². The lowest BCUT2D eigenvalue weighted by atomic mass is 10.1. The lowest BCUT2D eigenvalue weighted by molar-refractivity contribution is 0.0622. The summed E-state index contributed by atoms with van der Waals surface area (Å²) < 4.78 is 0. The number of pyridine rings is 1. The van der Waals surface area contributed by atoms with Crippen molar-refractivity contribution < 1.29 is 4.79 Å². The Balaban J connectivity index is 1.43. The maximum atomic E-state index is 12.8. The molecule has 0 bridgehead atoms. The van der Waals surface area contributed by atoms with Gasteiger partial charge in [-0.05, 0) is 35.2 Å². The van der Waals surface area contributed by atoms with Crippen LogP contribution in [-0.2, 0) is 6.54 Å². The normalized spacial score (nSPS) is 15.2. The van der Waals surface area contributed by atoms with E-state index in [1.54, 1.807) is 17.0 Å². The van der Waals surface area contributed by atoms with Crippen LogP contribution in [0.4, 0.5) is 0 Å². The smallest absolute Gasteiger partial charge is 0.270 e. The van der Waals surface area contributed by atoms with Crippen molar-refractivity contribution in [3.05, 3.63) is 81.2 Å². The van der Waals surface area contributed by atoms with Gasteiger partial charge in [0.05, 0.1) is 0 Å². The molecule has 0 unspecified atom stereocenters. The van der Waals surface area contributed by atoms with Gasteiger partial charge < -0.3 is 9.88 Å². The number of hydrogen-bond acceptors (Lipinski definition) is 3. The Labute approximate surface area is 162 Å². The van der Waals surface area contributed by atoms with Crippen LogP contribution in [0.25, 0.3) is 10.8 Å². The van der Waals surface area contributed by atoms with Crippen molar-refractivity contribution >= 4 is 28.3 Å². The maximum Gasteiger partial charge on any atom is 0.270 e. The van der Waals surface area contributed by atoms with Gasteiger partial charge in [0.15, 0.2) is 0 Å². The number of aromatic amines is 1. The van der Waals surface area contributed by atoms with Gasteiger partial charge in [0.1, 0.15) is 5.69 Å². The molecule has 1 fully saturated rings. The van der Waals surface area contributed by atoms with Crippen LogP contribution < -0.4 is 5.56 Å². The number of fused-ring (bicyclic) bond motifs is 1. The summed E-state index contributed by atoms with van der Waals surface area (Å²) in [6, 6.07) is 16.9. The maximum absolute atomic E-state index is 12.8. The Morgan fingerprint density at radius 3 is 2.56 bits per heavy atom. The van der Waals surface area contributed by atoms with E-state index in [4.69, 9.17) is 11.6 Å². The molecule has 0 aliphatic carbocycles. The summed E-state index contributed by atoms with van der Waals surface area (Å²) in [6.07, 6.45) is 0. The summed E-state index contributed by atoms with van der Waals surface area (Å²) in [5.41, 5.74) is 1.29. The quantitative estimate of drug-likeness (QED) is 0.758. The third-order valence-corrected chi connectivity index (χ3v) is 5.17. The number of hydrogen-bond donors (Lipinski definition) is 1. The fraction of sp³-hybridized carbons (Fsp3) is 0.238. The van der Waals surface area contributed by atoms with E-state index >= 15 is 0 Å². The SMILES string of the molecule is O=C(c1cc2ccccc2c(=O)[nH]1)N1CCN(Cc2cccc(Cl)c2)CC1. The topological polar surface area (TPSA) is 56.4 Å². The molecule has 27 heavy (non-hydrogen) atoms. The van der Waals surface area contributed by atoms with Crippen LogP contribution in [0, 0.1) is 0 Å². The first kappa shape index (κ1) is 17.8. The largest absolute Gasteiger partial charge is 0.335 e. The Hall–Kier alpha value is -2.63. The van der Waals surface area contributed by atoms with Crippen LogP contribution in [-0.4, -0.2) is 46.9 Å². The zero-order valence-electron chi connectivity index (χ0n) is 14.8. The molecule has 1 aromatic heterocycles. The van der Waals surface area contributed by atoms with Crippen molar-refractivity contribution in [1.82, 2.24) is 14.8 Å². The van der Waals surface area contributed by atoms with Gasteiger partial charge in [-0.2, -0.15) is 0 Å². The van der Waals surface area contributed by atoms with Crippen LogP contribution in [0.5, 0.6) is 0 Å². The summed E-state index contributed by atoms with van der Waals surface area (Å²) in [4.78, 5) is 31.9. The molecule has 0 atom stereocenters. The third kappa shape index (κ3) is 3.89. The Bertz CT molecular complexity index is 1040. The second-order valence-corrected chi connectivity index (χ2v) is 7.23. The summed E-state index contributed by atoms with van der Waals surface area (Å²) in [5.74, 6) is -0.125. The van der Waals surface area contributed by atoms with E-state index in [1.807, 2.05) is 36.4 Å². The molecule has 6 heteroatoms. The van der Waals surface area contributed by atoms with Crippen molar-refractivity contribution in [2.45, 2.75) is 6.54 Å². The molecule has 1 N–H and O–H groups in total. The molecule has 138 valence electrons. The van der Waals surface area contributed by atoms with E-state index in [9.17, 15) is 9.59 Å². The van der Waals surface area contributed by atoms with Crippen LogP contribution in [0.3, 0.4) is 0 Å². The van der Waals surface area contributed by atoms with Crippen molar-refractivity contribution in [3.8, 4) is 0 Å². The average molecular weight is 382 g/mol. The van der Waals surface area contributed by atoms with Gasteiger partial charge >= 0.3 is 0 Å². The van der Waals surface area contributed by atoms with Crippen LogP contribution >= 0.6 is 11.6 Å². The first-order valence-electron chi connectivity index (χ1n) is 8.98. The van der Waals surface area contributed by atoms with Crippen molar-refractivity contribution in [2.75, 3.05) is 26.2 Å². The predicted molar refractivity (Wildman–Crippen MR) is 107 cm³/mol. The van der Waals surface area contributed by atoms with E-state index in [0.717, 1.165) is 30.0 Å². The van der Waals surface area contributed by atoms with E-state index in [1.165, 1.54) is 5.56 Å². The molecule has 4 rings (SSSR count). The molecule has 2 heterocycles. The highest BCUT2D eigenvalue weighted by Crippen LogP contribution is 2.16. The highest BCUT2D eigenvalue weighted by atomic mass is 35.5. The molecule has 2 aromatic carbocycles. The first-order chi connectivity index (χ1) is 13.1. The molecule has 1 aliphatic rings. The lowest BCUT2D eigenvalue weighted by Crippen LogP contribution is -2.48. The second-order valence-electron chi connectivity index (χ2n) is 6.80. The molecule has 0 saturated carbocycles. The second kappa shape index (κ2) is 7.55. The fourth-order valence-electron chi connectivity index (χ4n) is 3.50. The van der Waals surface area contributed by atoms with Crippen molar-refractivity contribution in [1.29, 1.82) is 0 Å². The number of aromatic nitrogens is 1. The molecule has 5 nitrogen and oxygen atoms in total. The van der Waals surface area contributed by atoms with E-state index in [0.29, 0.717) is 24.2 Å². The molecular formula is C21H20ClN3O2. The van der Waals surface area contributed by atoms with E-state index in [2.05, 4.69) is 16.0 Å². The summed E-state index contributed by atoms with van der Waals surface area (Å²) in [6.45, 7) is 3.66. The van der Waals surface area contributed by atoms with Crippen LogP contribution in [0.2, 0.25) is 5.02 Å². The molecule has 1 aliphatic heterocycles. The number of piperazine rings is 1. The number of H-pyrrole nitrogens is 1. The lowest BCUT2D eigenvalue weighted by Gasteiger charge is -2.34. The van der Waals surface area contributed by atoms with Crippen LogP contribution in [0.1, 0.15) is 16.1 Å². The number of nitrogens with zero attached hydrogens (tertiary/aromatic N) is 2. The average Bonchev–Trinajstić information content (AvgIpc) is 2.68. The highest BCUT2D eigenvalue weighted by Gasteiger charge is 2.23. The van der Waals surface area contributed by atoms with Gasteiger partial charge in [0.25, 0.3) is 11.5 Å². The number of carbonyl (C=O) groups is 1. The van der Waals surface area contributed by atoms with Crippen molar-refractivity contribution in [2.24, 2.45) is 0 Å². The van der Waals surface area contributed by atoms with Gasteiger partial charge in [-0.3, -0.25) is 14.5 Å². The number of rotatable bonds is 3. The molecule has 1 saturated heterocycles. The minimum absolute atomic E-state index is 0.125.